The number of piperazine rings is 1. The second-order valence-electron chi connectivity index (χ2n) is 8.61. The fourth-order valence-corrected chi connectivity index (χ4v) is 4.05. The first kappa shape index (κ1) is 22.3. The lowest BCUT2D eigenvalue weighted by molar-refractivity contribution is -0.131. The molecule has 0 spiro atoms. The highest BCUT2D eigenvalue weighted by molar-refractivity contribution is 5.76. The summed E-state index contributed by atoms with van der Waals surface area (Å²) in [5.41, 5.74) is 6.20. The number of carbonyl (C=O) groups is 1. The van der Waals surface area contributed by atoms with E-state index < -0.39 is 0 Å². The molecule has 0 saturated carbocycles. The van der Waals surface area contributed by atoms with E-state index in [-0.39, 0.29) is 5.91 Å². The van der Waals surface area contributed by atoms with Crippen LogP contribution in [-0.2, 0) is 11.2 Å². The van der Waals surface area contributed by atoms with Gasteiger partial charge in [0.15, 0.2) is 0 Å². The van der Waals surface area contributed by atoms with Crippen LogP contribution < -0.4 is 4.90 Å². The van der Waals surface area contributed by atoms with Gasteiger partial charge in [0.05, 0.1) is 0 Å². The average Bonchev–Trinajstić information content (AvgIpc) is 2.76. The van der Waals surface area contributed by atoms with Crippen molar-refractivity contribution in [2.75, 3.05) is 31.1 Å². The molecule has 1 aliphatic rings. The van der Waals surface area contributed by atoms with Crippen molar-refractivity contribution < 1.29 is 4.79 Å². The standard InChI is InChI=1S/C25H36N4O/c1-7-18(4)24-26-20(6)22(16-21-15-17(3)9-10-19(21)5)25(27-24)29-13-11-28(12-14-29)23(30)8-2/h9-10,15,18H,7-8,11-14,16H2,1-6H3/t18-/m1/s1. The van der Waals surface area contributed by atoms with Gasteiger partial charge in [0.1, 0.15) is 11.6 Å². The first-order valence-electron chi connectivity index (χ1n) is 11.3. The van der Waals surface area contributed by atoms with Gasteiger partial charge in [-0.2, -0.15) is 0 Å². The molecule has 5 heteroatoms. The van der Waals surface area contributed by atoms with Gasteiger partial charge in [0.2, 0.25) is 5.91 Å². The lowest BCUT2D eigenvalue weighted by atomic mass is 9.97. The van der Waals surface area contributed by atoms with E-state index in [1.807, 2.05) is 11.8 Å². The van der Waals surface area contributed by atoms with E-state index >= 15 is 0 Å². The Bertz CT molecular complexity index is 900. The van der Waals surface area contributed by atoms with E-state index in [9.17, 15) is 4.79 Å². The number of anilines is 1. The maximum atomic E-state index is 12.1. The third-order valence-corrected chi connectivity index (χ3v) is 6.37. The minimum absolute atomic E-state index is 0.240. The normalized spacial score (nSPS) is 15.4. The number of hydrogen-bond acceptors (Lipinski definition) is 4. The Morgan fingerprint density at radius 1 is 1.07 bits per heavy atom. The molecule has 2 aromatic rings. The maximum Gasteiger partial charge on any atom is 0.222 e. The summed E-state index contributed by atoms with van der Waals surface area (Å²) in [5.74, 6) is 2.56. The van der Waals surface area contributed by atoms with Crippen molar-refractivity contribution in [3.63, 3.8) is 0 Å². The Balaban J connectivity index is 1.97. The van der Waals surface area contributed by atoms with Gasteiger partial charge in [-0.1, -0.05) is 44.5 Å². The van der Waals surface area contributed by atoms with E-state index in [1.165, 1.54) is 22.3 Å². The van der Waals surface area contributed by atoms with Crippen LogP contribution in [-0.4, -0.2) is 47.0 Å². The number of amides is 1. The molecule has 1 aromatic carbocycles. The number of benzene rings is 1. The highest BCUT2D eigenvalue weighted by Gasteiger charge is 2.25. The molecule has 1 aliphatic heterocycles. The van der Waals surface area contributed by atoms with E-state index in [4.69, 9.17) is 9.97 Å². The maximum absolute atomic E-state index is 12.1. The van der Waals surface area contributed by atoms with E-state index in [2.05, 4.69) is 57.7 Å². The van der Waals surface area contributed by atoms with Crippen molar-refractivity contribution in [1.82, 2.24) is 14.9 Å². The molecule has 5 nitrogen and oxygen atoms in total. The monoisotopic (exact) mass is 408 g/mol. The molecular weight excluding hydrogens is 372 g/mol. The molecule has 0 bridgehead atoms. The number of aromatic nitrogens is 2. The van der Waals surface area contributed by atoms with Crippen molar-refractivity contribution >= 4 is 11.7 Å². The molecular formula is C25H36N4O. The predicted molar refractivity (Wildman–Crippen MR) is 123 cm³/mol. The molecule has 30 heavy (non-hydrogen) atoms. The molecule has 1 aromatic heterocycles. The Morgan fingerprint density at radius 2 is 1.77 bits per heavy atom. The van der Waals surface area contributed by atoms with Crippen LogP contribution in [0.4, 0.5) is 5.82 Å². The molecule has 0 radical (unpaired) electrons. The van der Waals surface area contributed by atoms with Gasteiger partial charge in [-0.25, -0.2) is 9.97 Å². The zero-order valence-corrected chi connectivity index (χ0v) is 19.5. The largest absolute Gasteiger partial charge is 0.353 e. The van der Waals surface area contributed by atoms with Gasteiger partial charge in [0, 0.05) is 56.2 Å². The molecule has 1 amide bonds. The van der Waals surface area contributed by atoms with E-state index in [1.54, 1.807) is 0 Å². The SMILES string of the molecule is CCC(=O)N1CCN(c2nc([C@H](C)CC)nc(C)c2Cc2cc(C)ccc2C)CC1. The summed E-state index contributed by atoms with van der Waals surface area (Å²) in [6.07, 6.45) is 2.43. The third-order valence-electron chi connectivity index (χ3n) is 6.37. The van der Waals surface area contributed by atoms with Crippen molar-refractivity contribution in [2.24, 2.45) is 0 Å². The lowest BCUT2D eigenvalue weighted by Crippen LogP contribution is -2.49. The highest BCUT2D eigenvalue weighted by atomic mass is 16.2. The van der Waals surface area contributed by atoms with Crippen LogP contribution in [0.25, 0.3) is 0 Å². The molecule has 3 rings (SSSR count). The number of carbonyl (C=O) groups excluding carboxylic acids is 1. The first-order valence-corrected chi connectivity index (χ1v) is 11.3. The summed E-state index contributed by atoms with van der Waals surface area (Å²) in [6, 6.07) is 6.64. The minimum atomic E-state index is 0.240. The molecule has 1 atom stereocenters. The number of nitrogens with zero attached hydrogens (tertiary/aromatic N) is 4. The molecule has 0 N–H and O–H groups in total. The minimum Gasteiger partial charge on any atom is -0.353 e. The summed E-state index contributed by atoms with van der Waals surface area (Å²) >= 11 is 0. The quantitative estimate of drug-likeness (QED) is 0.703. The fourth-order valence-electron chi connectivity index (χ4n) is 4.05. The fraction of sp³-hybridized carbons (Fsp3) is 0.560. The van der Waals surface area contributed by atoms with Crippen molar-refractivity contribution in [3.05, 3.63) is 52.0 Å². The molecule has 1 fully saturated rings. The lowest BCUT2D eigenvalue weighted by Gasteiger charge is -2.36. The van der Waals surface area contributed by atoms with Crippen LogP contribution in [0.1, 0.15) is 73.3 Å². The van der Waals surface area contributed by atoms with Gasteiger partial charge in [-0.3, -0.25) is 4.79 Å². The molecule has 2 heterocycles. The van der Waals surface area contributed by atoms with Gasteiger partial charge < -0.3 is 9.80 Å². The van der Waals surface area contributed by atoms with Gasteiger partial charge in [-0.05, 0) is 38.3 Å². The number of hydrogen-bond donors (Lipinski definition) is 0. The van der Waals surface area contributed by atoms with Crippen LogP contribution in [0.5, 0.6) is 0 Å². The first-order chi connectivity index (χ1) is 14.3. The highest BCUT2D eigenvalue weighted by Crippen LogP contribution is 2.29. The van der Waals surface area contributed by atoms with Gasteiger partial charge in [-0.15, -0.1) is 0 Å². The van der Waals surface area contributed by atoms with Crippen LogP contribution in [0.2, 0.25) is 0 Å². The Morgan fingerprint density at radius 3 is 2.40 bits per heavy atom. The van der Waals surface area contributed by atoms with E-state index in [0.29, 0.717) is 12.3 Å². The summed E-state index contributed by atoms with van der Waals surface area (Å²) < 4.78 is 0. The molecule has 0 aliphatic carbocycles. The number of rotatable bonds is 6. The summed E-state index contributed by atoms with van der Waals surface area (Å²) in [6.45, 7) is 15.9. The second-order valence-corrected chi connectivity index (χ2v) is 8.61. The second kappa shape index (κ2) is 9.59. The summed E-state index contributed by atoms with van der Waals surface area (Å²) in [5, 5.41) is 0. The van der Waals surface area contributed by atoms with Gasteiger partial charge in [0.25, 0.3) is 0 Å². The van der Waals surface area contributed by atoms with Crippen molar-refractivity contribution in [3.8, 4) is 0 Å². The smallest absolute Gasteiger partial charge is 0.222 e. The van der Waals surface area contributed by atoms with Crippen molar-refractivity contribution in [1.29, 1.82) is 0 Å². The third kappa shape index (κ3) is 4.82. The van der Waals surface area contributed by atoms with Crippen LogP contribution >= 0.6 is 0 Å². The molecule has 162 valence electrons. The topological polar surface area (TPSA) is 49.3 Å². The molecule has 1 saturated heterocycles. The van der Waals surface area contributed by atoms with Crippen LogP contribution in [0.3, 0.4) is 0 Å². The van der Waals surface area contributed by atoms with Crippen LogP contribution in [0, 0.1) is 20.8 Å². The molecule has 0 unspecified atom stereocenters. The van der Waals surface area contributed by atoms with Gasteiger partial charge >= 0.3 is 0 Å². The summed E-state index contributed by atoms with van der Waals surface area (Å²) in [4.78, 5) is 26.4. The van der Waals surface area contributed by atoms with Crippen LogP contribution in [0.15, 0.2) is 18.2 Å². The summed E-state index contributed by atoms with van der Waals surface area (Å²) in [7, 11) is 0. The zero-order chi connectivity index (χ0) is 21.8. The number of aryl methyl sites for hydroxylation is 3. The Kier molecular flexibility index (Phi) is 7.11. The van der Waals surface area contributed by atoms with Crippen molar-refractivity contribution in [2.45, 2.75) is 66.7 Å². The predicted octanol–water partition coefficient (Wildman–Crippen LogP) is 4.56. The zero-order valence-electron chi connectivity index (χ0n) is 19.5. The Hall–Kier alpha value is -2.43. The van der Waals surface area contributed by atoms with E-state index in [0.717, 1.165) is 56.4 Å². The Labute approximate surface area is 181 Å². The average molecular weight is 409 g/mol.